The Balaban J connectivity index is 2.43. The minimum absolute atomic E-state index is 0.876. The maximum absolute atomic E-state index is 2.22. The number of hydrogen-bond donors (Lipinski definition) is 0. The lowest BCUT2D eigenvalue weighted by atomic mass is 10.1. The van der Waals surface area contributed by atoms with Crippen molar-refractivity contribution < 1.29 is 0 Å². The molecule has 60 valence electrons. The van der Waals surface area contributed by atoms with Gasteiger partial charge >= 0.3 is 0 Å². The van der Waals surface area contributed by atoms with Gasteiger partial charge in [0.15, 0.2) is 0 Å². The first-order chi connectivity index (χ1) is 5.38. The molecule has 0 bridgehead atoms. The van der Waals surface area contributed by atoms with E-state index in [-0.39, 0.29) is 0 Å². The molecule has 1 saturated carbocycles. The summed E-state index contributed by atoms with van der Waals surface area (Å²) in [7, 11) is 0. The zero-order valence-electron chi connectivity index (χ0n) is 7.38. The molecule has 0 aliphatic heterocycles. The van der Waals surface area contributed by atoms with Gasteiger partial charge in [0.25, 0.3) is 0 Å². The summed E-state index contributed by atoms with van der Waals surface area (Å²) in [5, 5.41) is 0. The zero-order chi connectivity index (χ0) is 8.10. The van der Waals surface area contributed by atoms with Gasteiger partial charge in [0.2, 0.25) is 0 Å². The van der Waals surface area contributed by atoms with E-state index < -0.39 is 0 Å². The monoisotopic (exact) mass is 148 g/mol. The van der Waals surface area contributed by atoms with Crippen LogP contribution in [0.2, 0.25) is 0 Å². The Hall–Kier alpha value is -0.780. The second-order valence-electron chi connectivity index (χ2n) is 2.95. The van der Waals surface area contributed by atoms with E-state index in [2.05, 4.69) is 37.3 Å². The molecule has 0 N–H and O–H groups in total. The van der Waals surface area contributed by atoms with Gasteiger partial charge in [-0.1, -0.05) is 30.4 Å². The molecular formula is C11H16. The van der Waals surface area contributed by atoms with E-state index in [1.165, 1.54) is 18.4 Å². The van der Waals surface area contributed by atoms with Gasteiger partial charge in [0, 0.05) is 0 Å². The third-order valence-corrected chi connectivity index (χ3v) is 1.97. The van der Waals surface area contributed by atoms with Crippen molar-refractivity contribution in [3.05, 3.63) is 36.0 Å². The highest BCUT2D eigenvalue weighted by molar-refractivity contribution is 5.27. The molecule has 0 nitrogen and oxygen atoms in total. The highest BCUT2D eigenvalue weighted by Crippen LogP contribution is 2.36. The summed E-state index contributed by atoms with van der Waals surface area (Å²) >= 11 is 0. The molecule has 0 amide bonds. The second-order valence-corrected chi connectivity index (χ2v) is 2.95. The van der Waals surface area contributed by atoms with Gasteiger partial charge in [-0.15, -0.1) is 0 Å². The molecule has 0 aromatic heterocycles. The van der Waals surface area contributed by atoms with Crippen molar-refractivity contribution >= 4 is 0 Å². The molecule has 1 aliphatic rings. The Morgan fingerprint density at radius 3 is 2.36 bits per heavy atom. The van der Waals surface area contributed by atoms with Crippen LogP contribution in [0.1, 0.15) is 26.7 Å². The Morgan fingerprint density at radius 1 is 1.18 bits per heavy atom. The second kappa shape index (κ2) is 4.17. The van der Waals surface area contributed by atoms with Gasteiger partial charge < -0.3 is 0 Å². The molecule has 1 fully saturated rings. The van der Waals surface area contributed by atoms with Crippen LogP contribution in [0.4, 0.5) is 0 Å². The smallest absolute Gasteiger partial charge is 0.0165 e. The molecule has 0 atom stereocenters. The summed E-state index contributed by atoms with van der Waals surface area (Å²) in [6, 6.07) is 0. The van der Waals surface area contributed by atoms with Crippen LogP contribution in [0.3, 0.4) is 0 Å². The molecule has 0 aromatic rings. The lowest BCUT2D eigenvalue weighted by molar-refractivity contribution is 1.04. The number of rotatable bonds is 3. The third-order valence-electron chi connectivity index (χ3n) is 1.97. The standard InChI is InChI=1S/C11H16/c1-3-5-6-7-10(4-2)11-8-9-11/h3-7,11H,8-9H2,1-2H3/b5-3-,7-6-,10-4+. The first-order valence-electron chi connectivity index (χ1n) is 4.34. The topological polar surface area (TPSA) is 0 Å². The molecule has 0 aromatic carbocycles. The van der Waals surface area contributed by atoms with Crippen LogP contribution < -0.4 is 0 Å². The normalized spacial score (nSPS) is 20.4. The van der Waals surface area contributed by atoms with E-state index in [9.17, 15) is 0 Å². The maximum Gasteiger partial charge on any atom is -0.0165 e. The quantitative estimate of drug-likeness (QED) is 0.537. The van der Waals surface area contributed by atoms with Gasteiger partial charge in [-0.25, -0.2) is 0 Å². The predicted molar refractivity (Wildman–Crippen MR) is 50.4 cm³/mol. The average Bonchev–Trinajstić information content (AvgIpc) is 2.81. The first kappa shape index (κ1) is 8.32. The molecule has 1 rings (SSSR count). The van der Waals surface area contributed by atoms with Gasteiger partial charge in [-0.05, 0) is 38.2 Å². The van der Waals surface area contributed by atoms with Gasteiger partial charge in [-0.2, -0.15) is 0 Å². The van der Waals surface area contributed by atoms with Crippen molar-refractivity contribution in [2.24, 2.45) is 5.92 Å². The number of hydrogen-bond acceptors (Lipinski definition) is 0. The summed E-state index contributed by atoms with van der Waals surface area (Å²) in [6.45, 7) is 4.16. The maximum atomic E-state index is 2.22. The summed E-state index contributed by atoms with van der Waals surface area (Å²) in [5.41, 5.74) is 1.50. The minimum Gasteiger partial charge on any atom is -0.0877 e. The van der Waals surface area contributed by atoms with Crippen LogP contribution in [0, 0.1) is 5.92 Å². The van der Waals surface area contributed by atoms with Crippen LogP contribution in [-0.2, 0) is 0 Å². The Bertz CT molecular complexity index is 190. The highest BCUT2D eigenvalue weighted by atomic mass is 14.3. The average molecular weight is 148 g/mol. The van der Waals surface area contributed by atoms with Crippen LogP contribution in [0.15, 0.2) is 36.0 Å². The van der Waals surface area contributed by atoms with Gasteiger partial charge in [0.1, 0.15) is 0 Å². The summed E-state index contributed by atoms with van der Waals surface area (Å²) in [5.74, 6) is 0.876. The lowest BCUT2D eigenvalue weighted by Crippen LogP contribution is -1.77. The van der Waals surface area contributed by atoms with E-state index in [1.54, 1.807) is 0 Å². The lowest BCUT2D eigenvalue weighted by Gasteiger charge is -1.93. The van der Waals surface area contributed by atoms with Crippen molar-refractivity contribution in [2.45, 2.75) is 26.7 Å². The molecular weight excluding hydrogens is 132 g/mol. The predicted octanol–water partition coefficient (Wildman–Crippen LogP) is 3.48. The summed E-state index contributed by atoms with van der Waals surface area (Å²) in [6.07, 6.45) is 13.5. The molecule has 0 radical (unpaired) electrons. The third kappa shape index (κ3) is 2.75. The molecule has 0 saturated heterocycles. The zero-order valence-corrected chi connectivity index (χ0v) is 7.38. The van der Waals surface area contributed by atoms with Crippen LogP contribution >= 0.6 is 0 Å². The van der Waals surface area contributed by atoms with E-state index in [0.717, 1.165) is 5.92 Å². The minimum atomic E-state index is 0.876. The summed E-state index contributed by atoms with van der Waals surface area (Å²) < 4.78 is 0. The van der Waals surface area contributed by atoms with Crippen molar-refractivity contribution in [2.75, 3.05) is 0 Å². The Morgan fingerprint density at radius 2 is 1.91 bits per heavy atom. The van der Waals surface area contributed by atoms with E-state index >= 15 is 0 Å². The van der Waals surface area contributed by atoms with Crippen molar-refractivity contribution in [1.29, 1.82) is 0 Å². The molecule has 0 heteroatoms. The van der Waals surface area contributed by atoms with Gasteiger partial charge in [0.05, 0.1) is 0 Å². The largest absolute Gasteiger partial charge is 0.0877 e. The molecule has 1 aliphatic carbocycles. The van der Waals surface area contributed by atoms with Gasteiger partial charge in [-0.3, -0.25) is 0 Å². The van der Waals surface area contributed by atoms with E-state index in [4.69, 9.17) is 0 Å². The highest BCUT2D eigenvalue weighted by Gasteiger charge is 2.23. The summed E-state index contributed by atoms with van der Waals surface area (Å²) in [4.78, 5) is 0. The van der Waals surface area contributed by atoms with E-state index in [1.807, 2.05) is 6.92 Å². The van der Waals surface area contributed by atoms with Crippen molar-refractivity contribution in [3.8, 4) is 0 Å². The number of allylic oxidation sites excluding steroid dienone is 6. The molecule has 0 heterocycles. The van der Waals surface area contributed by atoms with Crippen LogP contribution in [0.5, 0.6) is 0 Å². The SMILES string of the molecule is C\C=C/C=C\C(=C/C)C1CC1. The Kier molecular flexibility index (Phi) is 3.15. The fourth-order valence-electron chi connectivity index (χ4n) is 1.16. The van der Waals surface area contributed by atoms with Crippen molar-refractivity contribution in [3.63, 3.8) is 0 Å². The molecule has 0 unspecified atom stereocenters. The van der Waals surface area contributed by atoms with Crippen LogP contribution in [0.25, 0.3) is 0 Å². The Labute approximate surface area is 69.3 Å². The fraction of sp³-hybridized carbons (Fsp3) is 0.455. The first-order valence-corrected chi connectivity index (χ1v) is 4.34. The van der Waals surface area contributed by atoms with Crippen molar-refractivity contribution in [1.82, 2.24) is 0 Å². The molecule has 11 heavy (non-hydrogen) atoms. The fourth-order valence-corrected chi connectivity index (χ4v) is 1.16. The van der Waals surface area contributed by atoms with Crippen LogP contribution in [-0.4, -0.2) is 0 Å². The molecule has 0 spiro atoms. The van der Waals surface area contributed by atoms with E-state index in [0.29, 0.717) is 0 Å².